The quantitative estimate of drug-likeness (QED) is 0.682. The van der Waals surface area contributed by atoms with Crippen molar-refractivity contribution in [1.82, 2.24) is 19.8 Å². The lowest BCUT2D eigenvalue weighted by Crippen LogP contribution is -3.12. The van der Waals surface area contributed by atoms with Gasteiger partial charge in [-0.1, -0.05) is 6.92 Å². The Morgan fingerprint density at radius 3 is 2.81 bits per heavy atom. The molecule has 8 heteroatoms. The molecule has 1 aromatic carbocycles. The second-order valence-electron chi connectivity index (χ2n) is 6.45. The van der Waals surface area contributed by atoms with Gasteiger partial charge in [0, 0.05) is 23.3 Å². The zero-order chi connectivity index (χ0) is 18.1. The van der Waals surface area contributed by atoms with Gasteiger partial charge in [-0.05, 0) is 58.4 Å². The molecule has 2 atom stereocenters. The SMILES string of the molecule is CC[C@@H]1c2ccsc2CC[NH+]1Cn1nnn(-c2ccc(OC)cc2)c1=S. The Bertz CT molecular complexity index is 943. The highest BCUT2D eigenvalue weighted by Gasteiger charge is 2.31. The molecule has 1 unspecified atom stereocenters. The Labute approximate surface area is 161 Å². The molecule has 1 N–H and O–H groups in total. The van der Waals surface area contributed by atoms with Gasteiger partial charge < -0.3 is 9.64 Å². The molecule has 6 nitrogen and oxygen atoms in total. The first-order chi connectivity index (χ1) is 12.7. The molecule has 0 spiro atoms. The van der Waals surface area contributed by atoms with Crippen LogP contribution in [0.25, 0.3) is 5.69 Å². The third-order valence-electron chi connectivity index (χ3n) is 5.04. The number of methoxy groups -OCH3 is 1. The number of ether oxygens (including phenoxy) is 1. The van der Waals surface area contributed by atoms with Crippen LogP contribution in [0, 0.1) is 4.77 Å². The van der Waals surface area contributed by atoms with Crippen LogP contribution in [-0.4, -0.2) is 33.4 Å². The largest absolute Gasteiger partial charge is 0.497 e. The molecule has 0 amide bonds. The van der Waals surface area contributed by atoms with Gasteiger partial charge >= 0.3 is 0 Å². The first-order valence-electron chi connectivity index (χ1n) is 8.79. The maximum absolute atomic E-state index is 5.63. The summed E-state index contributed by atoms with van der Waals surface area (Å²) < 4.78 is 9.37. The third-order valence-corrected chi connectivity index (χ3v) is 6.42. The minimum Gasteiger partial charge on any atom is -0.497 e. The summed E-state index contributed by atoms with van der Waals surface area (Å²) in [7, 11) is 1.65. The van der Waals surface area contributed by atoms with Crippen molar-refractivity contribution in [2.45, 2.75) is 32.5 Å². The van der Waals surface area contributed by atoms with Crippen molar-refractivity contribution in [3.05, 3.63) is 50.9 Å². The number of aromatic nitrogens is 4. The van der Waals surface area contributed by atoms with Gasteiger partial charge in [0.05, 0.1) is 19.3 Å². The molecule has 1 aliphatic rings. The van der Waals surface area contributed by atoms with E-state index in [1.807, 2.05) is 40.3 Å². The topological polar surface area (TPSA) is 49.3 Å². The molecule has 136 valence electrons. The summed E-state index contributed by atoms with van der Waals surface area (Å²) in [6, 6.07) is 10.5. The Hall–Kier alpha value is -2.03. The molecule has 0 fully saturated rings. The summed E-state index contributed by atoms with van der Waals surface area (Å²) in [5.74, 6) is 0.808. The molecule has 0 saturated carbocycles. The van der Waals surface area contributed by atoms with Crippen LogP contribution < -0.4 is 9.64 Å². The van der Waals surface area contributed by atoms with Gasteiger partial charge in [-0.2, -0.15) is 9.36 Å². The van der Waals surface area contributed by atoms with Crippen molar-refractivity contribution in [1.29, 1.82) is 0 Å². The van der Waals surface area contributed by atoms with Crippen molar-refractivity contribution >= 4 is 23.6 Å². The second-order valence-corrected chi connectivity index (χ2v) is 7.81. The molecular weight excluding hydrogens is 366 g/mol. The molecule has 0 saturated heterocycles. The van der Waals surface area contributed by atoms with Gasteiger partial charge in [0.1, 0.15) is 11.8 Å². The van der Waals surface area contributed by atoms with Crippen molar-refractivity contribution in [3.8, 4) is 11.4 Å². The van der Waals surface area contributed by atoms with Gasteiger partial charge in [-0.3, -0.25) is 0 Å². The summed E-state index contributed by atoms with van der Waals surface area (Å²) in [5, 5.41) is 10.8. The number of nitrogens with one attached hydrogen (secondary N) is 1. The monoisotopic (exact) mass is 388 g/mol. The normalized spacial score (nSPS) is 19.3. The smallest absolute Gasteiger partial charge is 0.225 e. The van der Waals surface area contributed by atoms with Gasteiger partial charge in [0.15, 0.2) is 6.67 Å². The lowest BCUT2D eigenvalue weighted by atomic mass is 9.98. The van der Waals surface area contributed by atoms with Gasteiger partial charge in [0.2, 0.25) is 4.77 Å². The van der Waals surface area contributed by atoms with E-state index in [1.165, 1.54) is 15.3 Å². The van der Waals surface area contributed by atoms with Gasteiger partial charge in [0.25, 0.3) is 0 Å². The summed E-state index contributed by atoms with van der Waals surface area (Å²) in [6.07, 6.45) is 2.23. The van der Waals surface area contributed by atoms with Crippen LogP contribution in [0.15, 0.2) is 35.7 Å². The van der Waals surface area contributed by atoms with Crippen LogP contribution in [0.5, 0.6) is 5.75 Å². The molecule has 3 heterocycles. The van der Waals surface area contributed by atoms with Crippen LogP contribution in [0.3, 0.4) is 0 Å². The molecule has 4 rings (SSSR count). The molecule has 0 bridgehead atoms. The predicted molar refractivity (Wildman–Crippen MR) is 104 cm³/mol. The predicted octanol–water partition coefficient (Wildman–Crippen LogP) is 2.42. The van der Waals surface area contributed by atoms with Crippen LogP contribution in [0.1, 0.15) is 29.8 Å². The fourth-order valence-corrected chi connectivity index (χ4v) is 4.87. The minimum absolute atomic E-state index is 0.498. The van der Waals surface area contributed by atoms with Crippen LogP contribution >= 0.6 is 23.6 Å². The zero-order valence-corrected chi connectivity index (χ0v) is 16.5. The maximum atomic E-state index is 5.63. The van der Waals surface area contributed by atoms with E-state index < -0.39 is 0 Å². The first kappa shape index (κ1) is 17.4. The first-order valence-corrected chi connectivity index (χ1v) is 10.1. The number of fused-ring (bicyclic) bond motifs is 1. The number of nitrogens with zero attached hydrogens (tertiary/aromatic N) is 4. The fraction of sp³-hybridized carbons (Fsp3) is 0.389. The van der Waals surface area contributed by atoms with E-state index in [9.17, 15) is 0 Å². The number of rotatable bonds is 5. The number of hydrogen-bond donors (Lipinski definition) is 1. The van der Waals surface area contributed by atoms with Crippen molar-refractivity contribution in [2.24, 2.45) is 0 Å². The highest BCUT2D eigenvalue weighted by Crippen LogP contribution is 2.26. The summed E-state index contributed by atoms with van der Waals surface area (Å²) in [6.45, 7) is 4.09. The number of hydrogen-bond acceptors (Lipinski definition) is 5. The highest BCUT2D eigenvalue weighted by atomic mass is 32.1. The number of benzene rings is 1. The van der Waals surface area contributed by atoms with Gasteiger partial charge in [-0.15, -0.1) is 11.3 Å². The lowest BCUT2D eigenvalue weighted by Gasteiger charge is -2.31. The van der Waals surface area contributed by atoms with Crippen LogP contribution in [-0.2, 0) is 13.1 Å². The maximum Gasteiger partial charge on any atom is 0.225 e. The van der Waals surface area contributed by atoms with E-state index in [0.29, 0.717) is 10.8 Å². The Kier molecular flexibility index (Phi) is 4.88. The summed E-state index contributed by atoms with van der Waals surface area (Å²) >= 11 is 7.51. The van der Waals surface area contributed by atoms with E-state index in [0.717, 1.165) is 37.5 Å². The Morgan fingerprint density at radius 2 is 2.08 bits per heavy atom. The molecular formula is C18H22N5OS2+. The number of thiophene rings is 1. The highest BCUT2D eigenvalue weighted by molar-refractivity contribution is 7.71. The van der Waals surface area contributed by atoms with Crippen molar-refractivity contribution in [2.75, 3.05) is 13.7 Å². The average Bonchev–Trinajstić information content (AvgIpc) is 3.29. The van der Waals surface area contributed by atoms with E-state index in [2.05, 4.69) is 28.8 Å². The van der Waals surface area contributed by atoms with E-state index in [4.69, 9.17) is 17.0 Å². The zero-order valence-electron chi connectivity index (χ0n) is 14.9. The van der Waals surface area contributed by atoms with E-state index in [1.54, 1.807) is 11.8 Å². The molecule has 2 aromatic heterocycles. The Balaban J connectivity index is 1.58. The Morgan fingerprint density at radius 1 is 1.27 bits per heavy atom. The fourth-order valence-electron chi connectivity index (χ4n) is 3.68. The van der Waals surface area contributed by atoms with E-state index in [-0.39, 0.29) is 0 Å². The molecule has 1 aliphatic heterocycles. The van der Waals surface area contributed by atoms with Crippen LogP contribution in [0.4, 0.5) is 0 Å². The van der Waals surface area contributed by atoms with Crippen LogP contribution in [0.2, 0.25) is 0 Å². The molecule has 0 aliphatic carbocycles. The molecule has 0 radical (unpaired) electrons. The van der Waals surface area contributed by atoms with Gasteiger partial charge in [-0.25, -0.2) is 0 Å². The number of tetrazole rings is 1. The second kappa shape index (κ2) is 7.30. The summed E-state index contributed by atoms with van der Waals surface area (Å²) in [4.78, 5) is 3.03. The number of quaternary nitrogens is 1. The molecule has 3 aromatic rings. The van der Waals surface area contributed by atoms with Crippen molar-refractivity contribution in [3.63, 3.8) is 0 Å². The van der Waals surface area contributed by atoms with Crippen molar-refractivity contribution < 1.29 is 9.64 Å². The summed E-state index contributed by atoms with van der Waals surface area (Å²) in [5.41, 5.74) is 2.38. The average molecular weight is 389 g/mol. The van der Waals surface area contributed by atoms with E-state index >= 15 is 0 Å². The molecule has 26 heavy (non-hydrogen) atoms. The standard InChI is InChI=1S/C18H21N5OS2/c1-3-16-15-9-11-26-17(15)8-10-21(16)12-22-18(25)23(20-19-22)13-4-6-14(24-2)7-5-13/h4-7,9,11,16H,3,8,10,12H2,1-2H3/p+1/t16-/m1/s1. The third kappa shape index (κ3) is 3.08. The minimum atomic E-state index is 0.498. The lowest BCUT2D eigenvalue weighted by molar-refractivity contribution is -0.956.